The van der Waals surface area contributed by atoms with Gasteiger partial charge in [-0.25, -0.2) is 0 Å². The molecule has 6 heteroatoms. The van der Waals surface area contributed by atoms with E-state index in [0.717, 1.165) is 49.4 Å². The molecule has 1 aromatic rings. The molecule has 5 nitrogen and oxygen atoms in total. The molecule has 2 saturated carbocycles. The van der Waals surface area contributed by atoms with E-state index < -0.39 is 6.10 Å². The van der Waals surface area contributed by atoms with Crippen LogP contribution >= 0.6 is 11.6 Å². The van der Waals surface area contributed by atoms with E-state index in [9.17, 15) is 5.11 Å². The fraction of sp³-hybridized carbons (Fsp3) is 0.650. The number of aliphatic hydroxyl groups excluding tert-OH is 1. The number of guanidine groups is 1. The zero-order valence-electron chi connectivity index (χ0n) is 15.5. The molecule has 1 unspecified atom stereocenters. The molecule has 1 atom stereocenters. The van der Waals surface area contributed by atoms with Gasteiger partial charge in [-0.15, -0.1) is 0 Å². The van der Waals surface area contributed by atoms with Gasteiger partial charge in [-0.2, -0.15) is 0 Å². The Morgan fingerprint density at radius 2 is 2.19 bits per heavy atom. The molecule has 1 aromatic carbocycles. The highest BCUT2D eigenvalue weighted by Crippen LogP contribution is 2.48. The predicted octanol–water partition coefficient (Wildman–Crippen LogP) is 2.71. The first-order valence-electron chi connectivity index (χ1n) is 9.65. The maximum absolute atomic E-state index is 10.1. The Hall–Kier alpha value is -1.30. The Kier molecular flexibility index (Phi) is 6.79. The lowest BCUT2D eigenvalue weighted by Gasteiger charge is -2.18. The van der Waals surface area contributed by atoms with Gasteiger partial charge in [-0.3, -0.25) is 4.99 Å². The Morgan fingerprint density at radius 3 is 2.85 bits per heavy atom. The molecule has 0 spiro atoms. The number of hydrogen-bond donors (Lipinski definition) is 3. The van der Waals surface area contributed by atoms with Gasteiger partial charge in [0.2, 0.25) is 0 Å². The lowest BCUT2D eigenvalue weighted by atomic mass is 9.96. The van der Waals surface area contributed by atoms with Crippen LogP contribution in [0, 0.1) is 5.92 Å². The third-order valence-electron chi connectivity index (χ3n) is 5.04. The van der Waals surface area contributed by atoms with Crippen molar-refractivity contribution in [2.24, 2.45) is 10.9 Å². The van der Waals surface area contributed by atoms with E-state index in [0.29, 0.717) is 13.2 Å². The van der Waals surface area contributed by atoms with Crippen LogP contribution in [0.4, 0.5) is 0 Å². The Bertz CT molecular complexity index is 615. The van der Waals surface area contributed by atoms with E-state index in [4.69, 9.17) is 21.3 Å². The molecule has 0 saturated heterocycles. The fourth-order valence-electron chi connectivity index (χ4n) is 3.01. The summed E-state index contributed by atoms with van der Waals surface area (Å²) in [6, 6.07) is 8.09. The summed E-state index contributed by atoms with van der Waals surface area (Å²) in [6.45, 7) is 5.11. The van der Waals surface area contributed by atoms with Crippen LogP contribution in [0.5, 0.6) is 0 Å². The van der Waals surface area contributed by atoms with Crippen molar-refractivity contribution in [3.05, 3.63) is 34.9 Å². The van der Waals surface area contributed by atoms with Crippen LogP contribution in [0.3, 0.4) is 0 Å². The van der Waals surface area contributed by atoms with E-state index >= 15 is 0 Å². The molecule has 2 fully saturated rings. The third kappa shape index (κ3) is 5.86. The number of aliphatic imine (C=N–C) groups is 1. The summed E-state index contributed by atoms with van der Waals surface area (Å²) in [5.74, 6) is 1.46. The van der Waals surface area contributed by atoms with Crippen molar-refractivity contribution in [2.45, 2.75) is 44.1 Å². The molecule has 0 aromatic heterocycles. The van der Waals surface area contributed by atoms with Crippen LogP contribution in [0.2, 0.25) is 5.02 Å². The number of benzene rings is 1. The van der Waals surface area contributed by atoms with Gasteiger partial charge in [0.05, 0.1) is 19.3 Å². The van der Waals surface area contributed by atoms with Gasteiger partial charge in [0.1, 0.15) is 0 Å². The van der Waals surface area contributed by atoms with Crippen LogP contribution in [-0.4, -0.2) is 50.0 Å². The normalized spacial score (nSPS) is 19.9. The van der Waals surface area contributed by atoms with E-state index in [1.807, 2.05) is 25.1 Å². The van der Waals surface area contributed by atoms with Crippen LogP contribution in [0.15, 0.2) is 29.3 Å². The van der Waals surface area contributed by atoms with Gasteiger partial charge >= 0.3 is 0 Å². The minimum atomic E-state index is -0.527. The topological polar surface area (TPSA) is 65.9 Å². The number of halogens is 1. The third-order valence-corrected chi connectivity index (χ3v) is 5.28. The first-order chi connectivity index (χ1) is 12.6. The summed E-state index contributed by atoms with van der Waals surface area (Å²) < 4.78 is 5.54. The summed E-state index contributed by atoms with van der Waals surface area (Å²) >= 11 is 6.14. The van der Waals surface area contributed by atoms with E-state index in [1.54, 1.807) is 0 Å². The number of rotatable bonds is 10. The molecule has 0 bridgehead atoms. The van der Waals surface area contributed by atoms with Crippen LogP contribution in [0.25, 0.3) is 0 Å². The lowest BCUT2D eigenvalue weighted by molar-refractivity contribution is 0.0345. The van der Waals surface area contributed by atoms with Gasteiger partial charge in [0.25, 0.3) is 0 Å². The molecule has 0 aliphatic heterocycles. The zero-order valence-corrected chi connectivity index (χ0v) is 16.3. The summed E-state index contributed by atoms with van der Waals surface area (Å²) in [4.78, 5) is 4.74. The highest BCUT2D eigenvalue weighted by molar-refractivity contribution is 6.30. The quantitative estimate of drug-likeness (QED) is 0.432. The van der Waals surface area contributed by atoms with Crippen molar-refractivity contribution < 1.29 is 9.84 Å². The van der Waals surface area contributed by atoms with Gasteiger partial charge in [-0.1, -0.05) is 23.7 Å². The molecule has 2 aliphatic carbocycles. The van der Waals surface area contributed by atoms with Crippen molar-refractivity contribution >= 4 is 17.6 Å². The number of ether oxygens (including phenoxy) is 1. The maximum Gasteiger partial charge on any atom is 0.191 e. The van der Waals surface area contributed by atoms with Crippen molar-refractivity contribution in [3.8, 4) is 0 Å². The second-order valence-corrected chi connectivity index (χ2v) is 7.94. The van der Waals surface area contributed by atoms with E-state index in [1.165, 1.54) is 18.4 Å². The Morgan fingerprint density at radius 1 is 1.38 bits per heavy atom. The summed E-state index contributed by atoms with van der Waals surface area (Å²) in [5.41, 5.74) is 1.37. The van der Waals surface area contributed by atoms with E-state index in [-0.39, 0.29) is 5.41 Å². The first kappa shape index (κ1) is 19.5. The first-order valence-corrected chi connectivity index (χ1v) is 10.0. The van der Waals surface area contributed by atoms with Gasteiger partial charge in [-0.05, 0) is 56.2 Å². The average molecular weight is 380 g/mol. The molecule has 2 aliphatic rings. The van der Waals surface area contributed by atoms with Gasteiger partial charge < -0.3 is 20.5 Å². The molecule has 144 valence electrons. The SMILES string of the molecule is CCNC(=NCC1(c2cccc(Cl)c2)CC1)NCC(O)COCC1CC1. The van der Waals surface area contributed by atoms with Crippen molar-refractivity contribution in [1.82, 2.24) is 10.6 Å². The number of nitrogens with one attached hydrogen (secondary N) is 2. The zero-order chi connectivity index (χ0) is 18.4. The monoisotopic (exact) mass is 379 g/mol. The summed E-state index contributed by atoms with van der Waals surface area (Å²) in [6.07, 6.45) is 4.27. The minimum absolute atomic E-state index is 0.110. The molecule has 3 rings (SSSR count). The van der Waals surface area contributed by atoms with Gasteiger partial charge in [0.15, 0.2) is 5.96 Å². The summed E-state index contributed by atoms with van der Waals surface area (Å²) in [5, 5.41) is 17.3. The molecular weight excluding hydrogens is 350 g/mol. The molecular formula is C20H30ClN3O2. The molecule has 26 heavy (non-hydrogen) atoms. The van der Waals surface area contributed by atoms with Crippen molar-refractivity contribution in [3.63, 3.8) is 0 Å². The van der Waals surface area contributed by atoms with Crippen molar-refractivity contribution in [2.75, 3.05) is 32.8 Å². The lowest BCUT2D eigenvalue weighted by Crippen LogP contribution is -2.42. The van der Waals surface area contributed by atoms with Crippen LogP contribution in [0.1, 0.15) is 38.2 Å². The fourth-order valence-corrected chi connectivity index (χ4v) is 3.20. The Labute approximate surface area is 161 Å². The smallest absolute Gasteiger partial charge is 0.191 e. The largest absolute Gasteiger partial charge is 0.389 e. The molecule has 0 heterocycles. The Balaban J connectivity index is 1.48. The highest BCUT2D eigenvalue weighted by Gasteiger charge is 2.44. The molecule has 3 N–H and O–H groups in total. The van der Waals surface area contributed by atoms with Crippen LogP contribution in [-0.2, 0) is 10.2 Å². The average Bonchev–Trinajstić information content (AvgIpc) is 3.53. The minimum Gasteiger partial charge on any atom is -0.389 e. The second kappa shape index (κ2) is 9.07. The number of aliphatic hydroxyl groups is 1. The second-order valence-electron chi connectivity index (χ2n) is 7.50. The standard InChI is InChI=1S/C20H30ClN3O2/c1-2-22-19(23-11-18(25)13-26-12-15-6-7-15)24-14-20(8-9-20)16-4-3-5-17(21)10-16/h3-5,10,15,18,25H,2,6-9,11-14H2,1H3,(H2,22,23,24). The predicted molar refractivity (Wildman–Crippen MR) is 106 cm³/mol. The van der Waals surface area contributed by atoms with Crippen LogP contribution < -0.4 is 10.6 Å². The number of nitrogens with zero attached hydrogens (tertiary/aromatic N) is 1. The maximum atomic E-state index is 10.1. The summed E-state index contributed by atoms with van der Waals surface area (Å²) in [7, 11) is 0. The molecule has 0 radical (unpaired) electrons. The van der Waals surface area contributed by atoms with Gasteiger partial charge in [0, 0.05) is 30.1 Å². The number of hydrogen-bond acceptors (Lipinski definition) is 3. The van der Waals surface area contributed by atoms with Crippen molar-refractivity contribution in [1.29, 1.82) is 0 Å². The highest BCUT2D eigenvalue weighted by atomic mass is 35.5. The molecule has 0 amide bonds. The van der Waals surface area contributed by atoms with E-state index in [2.05, 4.69) is 16.7 Å².